The molecule has 1 aliphatic carbocycles. The maximum atomic E-state index is 13.9. The first-order valence-electron chi connectivity index (χ1n) is 13.3. The molecule has 38 heavy (non-hydrogen) atoms. The molecule has 2 bridgehead atoms. The van der Waals surface area contributed by atoms with Gasteiger partial charge in [0.1, 0.15) is 11.8 Å². The molecule has 1 unspecified atom stereocenters. The molecule has 4 saturated heterocycles. The fraction of sp³-hybridized carbons (Fsp3) is 0.571. The maximum absolute atomic E-state index is 13.9. The number of carbonyl (C=O) groups excluding carboxylic acids is 3. The summed E-state index contributed by atoms with van der Waals surface area (Å²) in [6, 6.07) is 8.82. The van der Waals surface area contributed by atoms with E-state index >= 15 is 0 Å². The monoisotopic (exact) mass is 521 g/mol. The van der Waals surface area contributed by atoms with Crippen molar-refractivity contribution < 1.29 is 23.5 Å². The summed E-state index contributed by atoms with van der Waals surface area (Å²) in [5.74, 6) is -0.490. The molecule has 202 valence electrons. The molecule has 7 rings (SSSR count). The summed E-state index contributed by atoms with van der Waals surface area (Å²) in [7, 11) is 1.56. The summed E-state index contributed by atoms with van der Waals surface area (Å²) in [4.78, 5) is 49.0. The molecule has 1 aromatic heterocycles. The molecule has 1 spiro atoms. The van der Waals surface area contributed by atoms with Crippen molar-refractivity contribution in [2.75, 3.05) is 33.2 Å². The predicted octanol–water partition coefficient (Wildman–Crippen LogP) is 1.04. The number of nitrogens with zero attached hydrogens (tertiary/aromatic N) is 3. The minimum absolute atomic E-state index is 0.0939. The van der Waals surface area contributed by atoms with Gasteiger partial charge in [-0.3, -0.25) is 19.3 Å². The molecule has 1 aromatic carbocycles. The third kappa shape index (κ3) is 4.10. The van der Waals surface area contributed by atoms with Crippen LogP contribution >= 0.6 is 0 Å². The van der Waals surface area contributed by atoms with Gasteiger partial charge in [0.05, 0.1) is 31.4 Å². The highest BCUT2D eigenvalue weighted by Crippen LogP contribution is 2.63. The van der Waals surface area contributed by atoms with E-state index in [4.69, 9.17) is 9.15 Å². The Labute approximate surface area is 222 Å². The molecule has 5 heterocycles. The fourth-order valence-corrected chi connectivity index (χ4v) is 7.12. The predicted molar refractivity (Wildman–Crippen MR) is 136 cm³/mol. The van der Waals surface area contributed by atoms with Crippen LogP contribution < -0.4 is 10.6 Å². The van der Waals surface area contributed by atoms with Gasteiger partial charge in [0.2, 0.25) is 17.7 Å². The van der Waals surface area contributed by atoms with Gasteiger partial charge in [-0.15, -0.1) is 0 Å². The highest BCUT2D eigenvalue weighted by molar-refractivity contribution is 5.91. The maximum Gasteiger partial charge on any atom is 0.245 e. The summed E-state index contributed by atoms with van der Waals surface area (Å²) in [6.07, 6.45) is 2.43. The van der Waals surface area contributed by atoms with Crippen LogP contribution in [0.1, 0.15) is 25.2 Å². The second-order valence-corrected chi connectivity index (χ2v) is 11.9. The second-order valence-electron chi connectivity index (χ2n) is 11.9. The van der Waals surface area contributed by atoms with Crippen molar-refractivity contribution in [1.29, 1.82) is 0 Å². The zero-order valence-corrected chi connectivity index (χ0v) is 22.1. The quantitative estimate of drug-likeness (QED) is 0.583. The third-order valence-electron chi connectivity index (χ3n) is 9.19. The minimum Gasteiger partial charge on any atom is -0.447 e. The number of rotatable bonds is 6. The highest BCUT2D eigenvalue weighted by Gasteiger charge is 2.70. The zero-order valence-electron chi connectivity index (χ0n) is 22.1. The highest BCUT2D eigenvalue weighted by atomic mass is 16.5. The van der Waals surface area contributed by atoms with E-state index in [1.54, 1.807) is 13.2 Å². The van der Waals surface area contributed by atoms with Crippen LogP contribution in [0, 0.1) is 28.6 Å². The van der Waals surface area contributed by atoms with Crippen molar-refractivity contribution in [3.05, 3.63) is 54.2 Å². The molecule has 1 saturated carbocycles. The van der Waals surface area contributed by atoms with Crippen LogP contribution in [0.4, 0.5) is 0 Å². The molecule has 10 nitrogen and oxygen atoms in total. The average molecular weight is 522 g/mol. The number of hydrogen-bond donors (Lipinski definition) is 2. The second kappa shape index (κ2) is 9.20. The fourth-order valence-electron chi connectivity index (χ4n) is 7.12. The topological polar surface area (TPSA) is 117 Å². The molecule has 2 aromatic rings. The number of likely N-dealkylation sites (tertiary alicyclic amines) is 1. The van der Waals surface area contributed by atoms with Gasteiger partial charge in [0, 0.05) is 50.5 Å². The lowest BCUT2D eigenvalue weighted by molar-refractivity contribution is -0.151. The number of nitrogens with one attached hydrogen (secondary N) is 2. The number of fused-ring (bicyclic) bond motifs is 3. The molecule has 5 fully saturated rings. The van der Waals surface area contributed by atoms with E-state index in [1.807, 2.05) is 35.2 Å². The number of likely N-dealkylation sites (N-methyl/N-ethyl adjacent to an activating group) is 1. The summed E-state index contributed by atoms with van der Waals surface area (Å²) in [6.45, 7) is 7.20. The van der Waals surface area contributed by atoms with E-state index in [-0.39, 0.29) is 52.9 Å². The molecule has 5 aliphatic rings. The lowest BCUT2D eigenvalue weighted by Crippen LogP contribution is -2.65. The van der Waals surface area contributed by atoms with Crippen molar-refractivity contribution in [2.45, 2.75) is 39.1 Å². The third-order valence-corrected chi connectivity index (χ3v) is 9.19. The Morgan fingerprint density at radius 2 is 1.97 bits per heavy atom. The number of ether oxygens (including phenoxy) is 1. The van der Waals surface area contributed by atoms with E-state index in [2.05, 4.69) is 34.4 Å². The lowest BCUT2D eigenvalue weighted by atomic mass is 9.71. The van der Waals surface area contributed by atoms with E-state index in [0.717, 1.165) is 11.3 Å². The molecule has 5 atom stereocenters. The van der Waals surface area contributed by atoms with Crippen LogP contribution in [0.5, 0.6) is 0 Å². The summed E-state index contributed by atoms with van der Waals surface area (Å²) in [5.41, 5.74) is 0.255. The van der Waals surface area contributed by atoms with Crippen LogP contribution in [0.15, 0.2) is 47.3 Å². The standard InChI is InChI=1S/C28H35N5O5/c1-27(2)20-21(27)26(36)33-14-28(15-33)13-32(10-18-9-30-16-38-18)11-19(28)24(34)31-22(25(35)29-3)23(20)37-12-17-7-5-4-6-8-17/h4-9,16,19-23H,10-15H2,1-3H3,(H,29,35)(H,31,34)/t19-,20?,21-,22+,23-/m1/s1. The number of oxazole rings is 1. The van der Waals surface area contributed by atoms with E-state index in [1.165, 1.54) is 6.39 Å². The zero-order chi connectivity index (χ0) is 26.7. The van der Waals surface area contributed by atoms with Crippen LogP contribution in [0.25, 0.3) is 0 Å². The van der Waals surface area contributed by atoms with Crippen molar-refractivity contribution in [3.63, 3.8) is 0 Å². The van der Waals surface area contributed by atoms with Gasteiger partial charge >= 0.3 is 0 Å². The Morgan fingerprint density at radius 3 is 2.66 bits per heavy atom. The van der Waals surface area contributed by atoms with E-state index < -0.39 is 12.1 Å². The molecule has 10 heteroatoms. The SMILES string of the molecule is CNC(=O)[C@H]1NC(=O)[C@H]2CN(Cc3cnco3)CC23CN(C3)C(=O)[C@H]2C([C@H]1OCc1ccccc1)C2(C)C. The van der Waals surface area contributed by atoms with Crippen LogP contribution in [-0.4, -0.2) is 77.9 Å². The van der Waals surface area contributed by atoms with Crippen molar-refractivity contribution in [3.8, 4) is 0 Å². The van der Waals surface area contributed by atoms with Crippen molar-refractivity contribution in [1.82, 2.24) is 25.4 Å². The minimum atomic E-state index is -0.913. The first kappa shape index (κ1) is 25.1. The Hall–Kier alpha value is -3.24. The largest absolute Gasteiger partial charge is 0.447 e. The van der Waals surface area contributed by atoms with Gasteiger partial charge in [0.15, 0.2) is 6.39 Å². The number of hydrogen-bond acceptors (Lipinski definition) is 7. The van der Waals surface area contributed by atoms with E-state index in [9.17, 15) is 14.4 Å². The van der Waals surface area contributed by atoms with Gasteiger partial charge < -0.3 is 24.7 Å². The lowest BCUT2D eigenvalue weighted by Gasteiger charge is -2.50. The van der Waals surface area contributed by atoms with Crippen LogP contribution in [0.3, 0.4) is 0 Å². The summed E-state index contributed by atoms with van der Waals surface area (Å²) in [5, 5.41) is 5.81. The van der Waals surface area contributed by atoms with Gasteiger partial charge in [-0.2, -0.15) is 0 Å². The summed E-state index contributed by atoms with van der Waals surface area (Å²) < 4.78 is 11.9. The molecular weight excluding hydrogens is 486 g/mol. The number of aromatic nitrogens is 1. The first-order chi connectivity index (χ1) is 18.2. The van der Waals surface area contributed by atoms with Crippen molar-refractivity contribution >= 4 is 17.7 Å². The van der Waals surface area contributed by atoms with E-state index in [0.29, 0.717) is 32.7 Å². The van der Waals surface area contributed by atoms with Crippen LogP contribution in [-0.2, 0) is 32.3 Å². The smallest absolute Gasteiger partial charge is 0.245 e. The molecule has 4 aliphatic heterocycles. The average Bonchev–Trinajstić information content (AvgIpc) is 3.24. The molecular formula is C28H35N5O5. The number of amides is 3. The summed E-state index contributed by atoms with van der Waals surface area (Å²) >= 11 is 0. The Bertz CT molecular complexity index is 1210. The van der Waals surface area contributed by atoms with Gasteiger partial charge in [-0.05, 0) is 11.0 Å². The molecule has 0 radical (unpaired) electrons. The van der Waals surface area contributed by atoms with Gasteiger partial charge in [0.25, 0.3) is 0 Å². The van der Waals surface area contributed by atoms with Crippen LogP contribution in [0.2, 0.25) is 0 Å². The number of carbonyl (C=O) groups is 3. The van der Waals surface area contributed by atoms with Gasteiger partial charge in [-0.25, -0.2) is 4.98 Å². The number of benzene rings is 1. The molecule has 3 amide bonds. The molecule has 2 N–H and O–H groups in total. The Morgan fingerprint density at radius 1 is 1.21 bits per heavy atom. The Kier molecular flexibility index (Phi) is 6.07. The van der Waals surface area contributed by atoms with Gasteiger partial charge in [-0.1, -0.05) is 44.2 Å². The Balaban J connectivity index is 1.32. The first-order valence-corrected chi connectivity index (χ1v) is 13.3. The normalized spacial score (nSPS) is 31.3. The van der Waals surface area contributed by atoms with Crippen molar-refractivity contribution in [2.24, 2.45) is 28.6 Å².